The zero-order valence-corrected chi connectivity index (χ0v) is 24.3. The molecule has 0 saturated carbocycles. The summed E-state index contributed by atoms with van der Waals surface area (Å²) in [7, 11) is 0. The monoisotopic (exact) mass is 581 g/mol. The third-order valence-electron chi connectivity index (χ3n) is 8.46. The molecule has 198 valence electrons. The van der Waals surface area contributed by atoms with Crippen molar-refractivity contribution < 1.29 is 0 Å². The molecule has 0 saturated heterocycles. The van der Waals surface area contributed by atoms with Crippen molar-refractivity contribution in [3.63, 3.8) is 0 Å². The molecule has 0 unspecified atom stereocenters. The largest absolute Gasteiger partial charge is 0.308 e. The van der Waals surface area contributed by atoms with E-state index in [1.807, 2.05) is 35.6 Å². The van der Waals surface area contributed by atoms with Crippen molar-refractivity contribution in [2.24, 2.45) is 0 Å². The molecule has 0 aliphatic rings. The molecule has 0 N–H and O–H groups in total. The average molecular weight is 582 g/mol. The van der Waals surface area contributed by atoms with Crippen LogP contribution in [0.4, 0.5) is 5.69 Å². The molecule has 9 rings (SSSR count). The second-order valence-electron chi connectivity index (χ2n) is 10.7. The summed E-state index contributed by atoms with van der Waals surface area (Å²) >= 11 is 3.52. The van der Waals surface area contributed by atoms with E-state index in [4.69, 9.17) is 6.57 Å². The maximum absolute atomic E-state index is 9.62. The van der Waals surface area contributed by atoms with Crippen LogP contribution in [-0.4, -0.2) is 4.57 Å². The molecular formula is C38H19N3S2. The van der Waals surface area contributed by atoms with E-state index in [1.165, 1.54) is 25.7 Å². The Labute approximate surface area is 254 Å². The number of thiophene rings is 2. The van der Waals surface area contributed by atoms with Crippen LogP contribution in [0.1, 0.15) is 5.56 Å². The zero-order chi connectivity index (χ0) is 28.7. The third-order valence-corrected chi connectivity index (χ3v) is 10.8. The molecule has 0 aliphatic heterocycles. The van der Waals surface area contributed by atoms with E-state index >= 15 is 0 Å². The second kappa shape index (κ2) is 9.02. The summed E-state index contributed by atoms with van der Waals surface area (Å²) in [5.41, 5.74) is 6.91. The Hall–Kier alpha value is -5.46. The predicted octanol–water partition coefficient (Wildman–Crippen LogP) is 11.6. The Bertz CT molecular complexity index is 2710. The molecule has 0 bridgehead atoms. The van der Waals surface area contributed by atoms with Crippen LogP contribution >= 0.6 is 22.7 Å². The smallest absolute Gasteiger partial charge is 0.204 e. The van der Waals surface area contributed by atoms with Gasteiger partial charge >= 0.3 is 0 Å². The maximum atomic E-state index is 9.62. The van der Waals surface area contributed by atoms with Gasteiger partial charge in [0, 0.05) is 41.0 Å². The predicted molar refractivity (Wildman–Crippen MR) is 183 cm³/mol. The summed E-state index contributed by atoms with van der Waals surface area (Å²) in [6.45, 7) is 8.04. The number of benzene rings is 6. The Morgan fingerprint density at radius 2 is 1.35 bits per heavy atom. The summed E-state index contributed by atoms with van der Waals surface area (Å²) in [6.07, 6.45) is 0. The minimum Gasteiger partial charge on any atom is -0.308 e. The van der Waals surface area contributed by atoms with Crippen LogP contribution in [0.5, 0.6) is 0 Å². The number of nitriles is 1. The molecule has 3 heterocycles. The van der Waals surface area contributed by atoms with Gasteiger partial charge in [0.2, 0.25) is 5.69 Å². The number of hydrogen-bond donors (Lipinski definition) is 0. The zero-order valence-electron chi connectivity index (χ0n) is 22.6. The molecule has 0 amide bonds. The molecule has 0 aliphatic carbocycles. The summed E-state index contributed by atoms with van der Waals surface area (Å²) in [5, 5.41) is 16.6. The lowest BCUT2D eigenvalue weighted by molar-refractivity contribution is 1.20. The van der Waals surface area contributed by atoms with Crippen molar-refractivity contribution in [1.82, 2.24) is 4.57 Å². The van der Waals surface area contributed by atoms with Crippen LogP contribution in [0, 0.1) is 17.9 Å². The van der Waals surface area contributed by atoms with Gasteiger partial charge in [0.15, 0.2) is 0 Å². The van der Waals surface area contributed by atoms with E-state index < -0.39 is 0 Å². The van der Waals surface area contributed by atoms with E-state index in [0.29, 0.717) is 11.3 Å². The molecule has 3 nitrogen and oxygen atoms in total. The fraction of sp³-hybridized carbons (Fsp3) is 0. The number of para-hydroxylation sites is 1. The van der Waals surface area contributed by atoms with Gasteiger partial charge < -0.3 is 4.57 Å². The molecule has 9 aromatic rings. The normalized spacial score (nSPS) is 11.7. The Kier molecular flexibility index (Phi) is 5.07. The molecule has 0 spiro atoms. The van der Waals surface area contributed by atoms with Crippen molar-refractivity contribution in [3.05, 3.63) is 132 Å². The van der Waals surface area contributed by atoms with Gasteiger partial charge in [-0.25, -0.2) is 4.85 Å². The lowest BCUT2D eigenvalue weighted by Gasteiger charge is -2.10. The van der Waals surface area contributed by atoms with Crippen molar-refractivity contribution >= 4 is 90.5 Å². The Morgan fingerprint density at radius 1 is 0.605 bits per heavy atom. The van der Waals surface area contributed by atoms with Crippen LogP contribution in [0.25, 0.3) is 83.8 Å². The number of aromatic nitrogens is 1. The molecule has 0 fully saturated rings. The van der Waals surface area contributed by atoms with Crippen LogP contribution < -0.4 is 0 Å². The first-order chi connectivity index (χ1) is 21.2. The van der Waals surface area contributed by atoms with E-state index in [2.05, 4.69) is 106 Å². The SMILES string of the molecule is [C-]#[N+]c1ccc(-c2cccc3sc4ccccc4c23)c2c1sc1c(-n3c4ccccc4c4cc(C#N)ccc43)cccc12. The molecule has 5 heteroatoms. The third kappa shape index (κ3) is 3.32. The molecule has 43 heavy (non-hydrogen) atoms. The number of nitrogens with zero attached hydrogens (tertiary/aromatic N) is 3. The maximum Gasteiger partial charge on any atom is 0.204 e. The van der Waals surface area contributed by atoms with Gasteiger partial charge in [-0.05, 0) is 59.0 Å². The summed E-state index contributed by atoms with van der Waals surface area (Å²) < 4.78 is 7.02. The van der Waals surface area contributed by atoms with E-state index in [0.717, 1.165) is 53.2 Å². The second-order valence-corrected chi connectivity index (χ2v) is 12.8. The summed E-state index contributed by atoms with van der Waals surface area (Å²) in [6, 6.07) is 42.4. The first-order valence-electron chi connectivity index (χ1n) is 13.9. The highest BCUT2D eigenvalue weighted by molar-refractivity contribution is 7.27. The molecule has 3 aromatic heterocycles. The van der Waals surface area contributed by atoms with Crippen molar-refractivity contribution in [2.75, 3.05) is 0 Å². The van der Waals surface area contributed by atoms with Crippen LogP contribution in [-0.2, 0) is 0 Å². The number of rotatable bonds is 2. The lowest BCUT2D eigenvalue weighted by atomic mass is 9.95. The van der Waals surface area contributed by atoms with Gasteiger partial charge in [0.05, 0.1) is 39.6 Å². The van der Waals surface area contributed by atoms with Gasteiger partial charge in [0.1, 0.15) is 0 Å². The molecule has 0 atom stereocenters. The number of hydrogen-bond acceptors (Lipinski definition) is 3. The number of fused-ring (bicyclic) bond motifs is 9. The van der Waals surface area contributed by atoms with Crippen LogP contribution in [0.2, 0.25) is 0 Å². The minimum atomic E-state index is 0.650. The van der Waals surface area contributed by atoms with Crippen molar-refractivity contribution in [2.45, 2.75) is 0 Å². The van der Waals surface area contributed by atoms with Gasteiger partial charge in [-0.2, -0.15) is 5.26 Å². The van der Waals surface area contributed by atoms with Gasteiger partial charge in [-0.15, -0.1) is 22.7 Å². The topological polar surface area (TPSA) is 33.1 Å². The molecule has 0 radical (unpaired) electrons. The van der Waals surface area contributed by atoms with Crippen LogP contribution in [0.3, 0.4) is 0 Å². The lowest BCUT2D eigenvalue weighted by Crippen LogP contribution is -1.93. The van der Waals surface area contributed by atoms with Gasteiger partial charge in [-0.3, -0.25) is 0 Å². The van der Waals surface area contributed by atoms with Crippen molar-refractivity contribution in [3.8, 4) is 22.9 Å². The fourth-order valence-electron chi connectivity index (χ4n) is 6.66. The Morgan fingerprint density at radius 3 is 2.23 bits per heavy atom. The van der Waals surface area contributed by atoms with Crippen LogP contribution in [0.15, 0.2) is 115 Å². The molecule has 6 aromatic carbocycles. The highest BCUT2D eigenvalue weighted by Gasteiger charge is 2.21. The highest BCUT2D eigenvalue weighted by Crippen LogP contribution is 2.49. The highest BCUT2D eigenvalue weighted by atomic mass is 32.1. The quantitative estimate of drug-likeness (QED) is 0.187. The summed E-state index contributed by atoms with van der Waals surface area (Å²) in [5.74, 6) is 0. The van der Waals surface area contributed by atoms with E-state index in [1.54, 1.807) is 11.3 Å². The van der Waals surface area contributed by atoms with E-state index in [-0.39, 0.29) is 0 Å². The summed E-state index contributed by atoms with van der Waals surface area (Å²) in [4.78, 5) is 3.97. The first-order valence-corrected chi connectivity index (χ1v) is 15.6. The Balaban J connectivity index is 1.42. The molecular weight excluding hydrogens is 563 g/mol. The average Bonchev–Trinajstić information content (AvgIpc) is 3.74. The fourth-order valence-corrected chi connectivity index (χ4v) is 9.08. The van der Waals surface area contributed by atoms with Crippen molar-refractivity contribution in [1.29, 1.82) is 5.26 Å². The van der Waals surface area contributed by atoms with Gasteiger partial charge in [-0.1, -0.05) is 72.8 Å². The first kappa shape index (κ1) is 24.2. The van der Waals surface area contributed by atoms with E-state index in [9.17, 15) is 5.26 Å². The standard InChI is InChI=1S/C38H19N3S2/c1-40-29-18-17-25(24-10-7-15-34-35(24)26-9-3-5-14-33(26)42-34)36-27-11-6-13-32(37(27)43-38(29)36)41-30-12-4-2-8-23(30)28-20-22(21-39)16-19-31(28)41/h2-20H. The van der Waals surface area contributed by atoms with Gasteiger partial charge in [0.25, 0.3) is 0 Å². The minimum absolute atomic E-state index is 0.650.